The Kier molecular flexibility index (Phi) is 5.07. The Morgan fingerprint density at radius 1 is 0.969 bits per heavy atom. The molecule has 9 heteroatoms. The lowest BCUT2D eigenvalue weighted by atomic mass is 10.1. The summed E-state index contributed by atoms with van der Waals surface area (Å²) in [6, 6.07) is 15.4. The van der Waals surface area contributed by atoms with Gasteiger partial charge in [0, 0.05) is 11.1 Å². The third kappa shape index (κ3) is 3.69. The van der Waals surface area contributed by atoms with Crippen LogP contribution in [0.15, 0.2) is 57.5 Å². The molecule has 0 aliphatic rings. The van der Waals surface area contributed by atoms with E-state index in [-0.39, 0.29) is 5.89 Å². The third-order valence-electron chi connectivity index (χ3n) is 5.18. The molecule has 0 amide bonds. The Morgan fingerprint density at radius 2 is 1.81 bits per heavy atom. The van der Waals surface area contributed by atoms with E-state index in [4.69, 9.17) is 20.5 Å². The molecule has 0 fully saturated rings. The molecule has 0 aliphatic heterocycles. The highest BCUT2D eigenvalue weighted by Gasteiger charge is 2.21. The van der Waals surface area contributed by atoms with Crippen molar-refractivity contribution in [1.29, 1.82) is 0 Å². The number of halogens is 1. The summed E-state index contributed by atoms with van der Waals surface area (Å²) in [4.78, 5) is 9.12. The summed E-state index contributed by atoms with van der Waals surface area (Å²) in [5.74, 6) is 1.99. The van der Waals surface area contributed by atoms with E-state index in [0.29, 0.717) is 34.5 Å². The predicted molar refractivity (Wildman–Crippen MR) is 119 cm³/mol. The van der Waals surface area contributed by atoms with Crippen LogP contribution in [0, 0.1) is 20.8 Å². The molecule has 5 rings (SSSR count). The molecule has 2 aromatic carbocycles. The zero-order chi connectivity index (χ0) is 22.2. The summed E-state index contributed by atoms with van der Waals surface area (Å²) >= 11 is 6.24. The molecular formula is C23H19ClN6O2. The monoisotopic (exact) mass is 446 g/mol. The number of oxazole rings is 1. The fourth-order valence-corrected chi connectivity index (χ4v) is 3.62. The van der Waals surface area contributed by atoms with E-state index in [1.54, 1.807) is 10.7 Å². The van der Waals surface area contributed by atoms with Crippen molar-refractivity contribution >= 4 is 11.6 Å². The zero-order valence-electron chi connectivity index (χ0n) is 17.7. The molecule has 0 unspecified atom stereocenters. The molecule has 0 N–H and O–H groups in total. The molecule has 0 aliphatic carbocycles. The van der Waals surface area contributed by atoms with Gasteiger partial charge in [-0.05, 0) is 45.0 Å². The molecule has 0 saturated carbocycles. The number of rotatable bonds is 5. The van der Waals surface area contributed by atoms with E-state index >= 15 is 0 Å². The number of nitrogens with zero attached hydrogens (tertiary/aromatic N) is 6. The summed E-state index contributed by atoms with van der Waals surface area (Å²) in [5.41, 5.74) is 4.84. The van der Waals surface area contributed by atoms with Crippen molar-refractivity contribution in [2.24, 2.45) is 0 Å². The number of hydrogen-bond donors (Lipinski definition) is 0. The second-order valence-corrected chi connectivity index (χ2v) is 7.88. The minimum atomic E-state index is 0.279. The van der Waals surface area contributed by atoms with Gasteiger partial charge in [-0.2, -0.15) is 4.98 Å². The second-order valence-electron chi connectivity index (χ2n) is 7.48. The van der Waals surface area contributed by atoms with Gasteiger partial charge in [0.15, 0.2) is 5.69 Å². The maximum atomic E-state index is 6.24. The summed E-state index contributed by atoms with van der Waals surface area (Å²) < 4.78 is 13.1. The van der Waals surface area contributed by atoms with E-state index < -0.39 is 0 Å². The lowest BCUT2D eigenvalue weighted by molar-refractivity contribution is 0.430. The second kappa shape index (κ2) is 8.05. The van der Waals surface area contributed by atoms with Gasteiger partial charge >= 0.3 is 0 Å². The van der Waals surface area contributed by atoms with E-state index in [9.17, 15) is 0 Å². The average molecular weight is 447 g/mol. The normalized spacial score (nSPS) is 11.2. The SMILES string of the molecule is Cc1cccc(-c2nc(Cn3nnc(-c4nc(-c5ccccc5Cl)no4)c3C)c(C)o2)c1. The van der Waals surface area contributed by atoms with Crippen LogP contribution in [0.1, 0.15) is 22.7 Å². The van der Waals surface area contributed by atoms with Crippen LogP contribution in [0.2, 0.25) is 5.02 Å². The van der Waals surface area contributed by atoms with Crippen LogP contribution in [0.3, 0.4) is 0 Å². The van der Waals surface area contributed by atoms with Crippen LogP contribution in [0.5, 0.6) is 0 Å². The van der Waals surface area contributed by atoms with Gasteiger partial charge < -0.3 is 8.94 Å². The van der Waals surface area contributed by atoms with Gasteiger partial charge in [0.05, 0.1) is 17.3 Å². The lowest BCUT2D eigenvalue weighted by Gasteiger charge is -2.00. The van der Waals surface area contributed by atoms with Crippen LogP contribution in [-0.2, 0) is 6.54 Å². The number of benzene rings is 2. The highest BCUT2D eigenvalue weighted by Crippen LogP contribution is 2.28. The fourth-order valence-electron chi connectivity index (χ4n) is 3.40. The molecule has 3 aromatic heterocycles. The standard InChI is InChI=1S/C23H19ClN6O2/c1-13-7-6-8-16(11-13)22-25-19(15(3)31-22)12-30-14(2)20(27-29-30)23-26-21(28-32-23)17-9-4-5-10-18(17)24/h4-11H,12H2,1-3H3. The van der Waals surface area contributed by atoms with Gasteiger partial charge in [-0.1, -0.05) is 51.8 Å². The molecule has 32 heavy (non-hydrogen) atoms. The molecule has 0 radical (unpaired) electrons. The molecule has 0 spiro atoms. The average Bonchev–Trinajstić information content (AvgIpc) is 3.49. The highest BCUT2D eigenvalue weighted by atomic mass is 35.5. The number of aromatic nitrogens is 6. The zero-order valence-corrected chi connectivity index (χ0v) is 18.5. The molecule has 0 bridgehead atoms. The van der Waals surface area contributed by atoms with Crippen LogP contribution in [-0.4, -0.2) is 30.1 Å². The van der Waals surface area contributed by atoms with Crippen molar-refractivity contribution in [1.82, 2.24) is 30.1 Å². The maximum absolute atomic E-state index is 6.24. The Morgan fingerprint density at radius 3 is 2.62 bits per heavy atom. The Labute approximate surface area is 188 Å². The predicted octanol–water partition coefficient (Wildman–Crippen LogP) is 5.28. The quantitative estimate of drug-likeness (QED) is 0.362. The molecule has 160 valence electrons. The van der Waals surface area contributed by atoms with E-state index in [1.165, 1.54) is 0 Å². The van der Waals surface area contributed by atoms with Crippen molar-refractivity contribution in [2.45, 2.75) is 27.3 Å². The van der Waals surface area contributed by atoms with Gasteiger partial charge in [-0.25, -0.2) is 9.67 Å². The summed E-state index contributed by atoms with van der Waals surface area (Å²) in [5, 5.41) is 13.1. The van der Waals surface area contributed by atoms with Gasteiger partial charge in [0.2, 0.25) is 11.7 Å². The van der Waals surface area contributed by atoms with Crippen LogP contribution >= 0.6 is 11.6 Å². The van der Waals surface area contributed by atoms with Gasteiger partial charge in [0.1, 0.15) is 11.5 Å². The summed E-state index contributed by atoms with van der Waals surface area (Å²) in [6.07, 6.45) is 0. The van der Waals surface area contributed by atoms with Crippen LogP contribution < -0.4 is 0 Å². The fraction of sp³-hybridized carbons (Fsp3) is 0.174. The lowest BCUT2D eigenvalue weighted by Crippen LogP contribution is -2.05. The van der Waals surface area contributed by atoms with Crippen molar-refractivity contribution < 1.29 is 8.94 Å². The number of aryl methyl sites for hydroxylation is 2. The molecule has 0 saturated heterocycles. The topological polar surface area (TPSA) is 95.7 Å². The van der Waals surface area contributed by atoms with Crippen molar-refractivity contribution in [3.8, 4) is 34.4 Å². The smallest absolute Gasteiger partial charge is 0.280 e. The molecule has 0 atom stereocenters. The number of hydrogen-bond acceptors (Lipinski definition) is 7. The van der Waals surface area contributed by atoms with Gasteiger partial charge in [-0.15, -0.1) is 5.10 Å². The first-order valence-corrected chi connectivity index (χ1v) is 10.4. The van der Waals surface area contributed by atoms with Crippen LogP contribution in [0.4, 0.5) is 0 Å². The van der Waals surface area contributed by atoms with Gasteiger partial charge in [-0.3, -0.25) is 0 Å². The minimum absolute atomic E-state index is 0.279. The summed E-state index contributed by atoms with van der Waals surface area (Å²) in [7, 11) is 0. The first kappa shape index (κ1) is 20.1. The van der Waals surface area contributed by atoms with Crippen molar-refractivity contribution in [2.75, 3.05) is 0 Å². The molecule has 3 heterocycles. The van der Waals surface area contributed by atoms with Crippen molar-refractivity contribution in [3.63, 3.8) is 0 Å². The van der Waals surface area contributed by atoms with E-state index in [2.05, 4.69) is 25.4 Å². The van der Waals surface area contributed by atoms with Crippen LogP contribution in [0.25, 0.3) is 34.4 Å². The first-order chi connectivity index (χ1) is 15.5. The minimum Gasteiger partial charge on any atom is -0.441 e. The Balaban J connectivity index is 1.42. The van der Waals surface area contributed by atoms with Crippen molar-refractivity contribution in [3.05, 3.63) is 76.3 Å². The Bertz CT molecular complexity index is 1420. The molecule has 5 aromatic rings. The largest absolute Gasteiger partial charge is 0.441 e. The maximum Gasteiger partial charge on any atom is 0.280 e. The highest BCUT2D eigenvalue weighted by molar-refractivity contribution is 6.33. The van der Waals surface area contributed by atoms with E-state index in [1.807, 2.05) is 63.2 Å². The van der Waals surface area contributed by atoms with Gasteiger partial charge in [0.25, 0.3) is 5.89 Å². The first-order valence-electron chi connectivity index (χ1n) is 10.0. The third-order valence-corrected chi connectivity index (χ3v) is 5.51. The van der Waals surface area contributed by atoms with E-state index in [0.717, 1.165) is 28.3 Å². The summed E-state index contributed by atoms with van der Waals surface area (Å²) in [6.45, 7) is 6.23. The molecule has 8 nitrogen and oxygen atoms in total. The Hall–Kier alpha value is -3.78. The molecular weight excluding hydrogens is 428 g/mol.